The van der Waals surface area contributed by atoms with Gasteiger partial charge in [0.25, 0.3) is 0 Å². The highest BCUT2D eigenvalue weighted by Gasteiger charge is 2.52. The summed E-state index contributed by atoms with van der Waals surface area (Å²) in [7, 11) is 0. The number of likely N-dealkylation sites (tertiary alicyclic amines) is 3. The number of rotatable bonds is 5. The molecule has 3 nitrogen and oxygen atoms in total. The van der Waals surface area contributed by atoms with Crippen molar-refractivity contribution in [1.82, 2.24) is 14.7 Å². The third-order valence-corrected chi connectivity index (χ3v) is 10.5. The van der Waals surface area contributed by atoms with E-state index in [1.807, 2.05) is 0 Å². The van der Waals surface area contributed by atoms with Crippen molar-refractivity contribution < 1.29 is 0 Å². The van der Waals surface area contributed by atoms with Crippen LogP contribution in [-0.4, -0.2) is 71.6 Å². The molecule has 1 saturated carbocycles. The quantitative estimate of drug-likeness (QED) is 0.537. The molecule has 31 heavy (non-hydrogen) atoms. The highest BCUT2D eigenvalue weighted by atomic mass is 15.3. The Bertz CT molecular complexity index is 613. The molecule has 180 valence electrons. The zero-order valence-corrected chi connectivity index (χ0v) is 22.1. The fraction of sp³-hybridized carbons (Fsp3) is 1.00. The van der Waals surface area contributed by atoms with Crippen molar-refractivity contribution in [2.24, 2.45) is 22.7 Å². The molecule has 0 aromatic rings. The first-order chi connectivity index (χ1) is 14.6. The lowest BCUT2D eigenvalue weighted by Gasteiger charge is -2.53. The van der Waals surface area contributed by atoms with E-state index in [1.165, 1.54) is 90.6 Å². The van der Waals surface area contributed by atoms with Crippen LogP contribution in [0.2, 0.25) is 0 Å². The van der Waals surface area contributed by atoms with E-state index < -0.39 is 0 Å². The van der Waals surface area contributed by atoms with Crippen LogP contribution in [0.4, 0.5) is 0 Å². The number of nitrogens with zero attached hydrogens (tertiary/aromatic N) is 3. The summed E-state index contributed by atoms with van der Waals surface area (Å²) in [6, 6.07) is 1.36. The summed E-state index contributed by atoms with van der Waals surface area (Å²) >= 11 is 0. The normalized spacial score (nSPS) is 39.0. The maximum Gasteiger partial charge on any atom is 0.0194 e. The fourth-order valence-electron chi connectivity index (χ4n) is 7.99. The molecule has 4 rings (SSSR count). The summed E-state index contributed by atoms with van der Waals surface area (Å²) in [5, 5.41) is 0. The SMILES string of the molecule is CC[C@@H]1CCCC2(CCN(C(C)(C)C3CN(C(C)C)CC4(CCN(C(C)C)C4)C3)C2)C1. The van der Waals surface area contributed by atoms with Gasteiger partial charge in [-0.25, -0.2) is 0 Å². The molecule has 0 N–H and O–H groups in total. The maximum absolute atomic E-state index is 2.96. The molecule has 3 heteroatoms. The fourth-order valence-corrected chi connectivity index (χ4v) is 7.99. The summed E-state index contributed by atoms with van der Waals surface area (Å²) in [6.45, 7) is 25.3. The van der Waals surface area contributed by atoms with Crippen LogP contribution < -0.4 is 0 Å². The van der Waals surface area contributed by atoms with Crippen molar-refractivity contribution in [3.63, 3.8) is 0 Å². The average Bonchev–Trinajstić information content (AvgIpc) is 3.33. The highest BCUT2D eigenvalue weighted by Crippen LogP contribution is 2.51. The van der Waals surface area contributed by atoms with E-state index in [4.69, 9.17) is 0 Å². The molecule has 3 heterocycles. The molecule has 3 saturated heterocycles. The molecule has 2 spiro atoms. The van der Waals surface area contributed by atoms with Crippen LogP contribution in [0.25, 0.3) is 0 Å². The standard InChI is InChI=1S/C28H53N3/c1-8-24-10-9-11-27(16-24)13-15-31(21-27)26(6,7)25-17-28(20-30(18-25)23(4)5)12-14-29(19-28)22(2)3/h22-25H,8-21H2,1-7H3/t24-,25?,27?,28?/m1/s1. The summed E-state index contributed by atoms with van der Waals surface area (Å²) in [5.41, 5.74) is 1.47. The van der Waals surface area contributed by atoms with Crippen LogP contribution in [0.15, 0.2) is 0 Å². The van der Waals surface area contributed by atoms with E-state index in [9.17, 15) is 0 Å². The minimum absolute atomic E-state index is 0.314. The number of hydrogen-bond acceptors (Lipinski definition) is 3. The van der Waals surface area contributed by atoms with Gasteiger partial charge in [-0.15, -0.1) is 0 Å². The van der Waals surface area contributed by atoms with Crippen molar-refractivity contribution in [2.45, 2.75) is 117 Å². The molecule has 4 fully saturated rings. The third-order valence-electron chi connectivity index (χ3n) is 10.5. The van der Waals surface area contributed by atoms with Gasteiger partial charge in [0, 0.05) is 43.8 Å². The lowest BCUT2D eigenvalue weighted by Crippen LogP contribution is -2.59. The monoisotopic (exact) mass is 431 g/mol. The van der Waals surface area contributed by atoms with E-state index in [-0.39, 0.29) is 0 Å². The molecular formula is C28H53N3. The van der Waals surface area contributed by atoms with Gasteiger partial charge in [-0.2, -0.15) is 0 Å². The summed E-state index contributed by atoms with van der Waals surface area (Å²) in [6.07, 6.45) is 11.7. The smallest absolute Gasteiger partial charge is 0.0194 e. The van der Waals surface area contributed by atoms with E-state index in [1.54, 1.807) is 0 Å². The van der Waals surface area contributed by atoms with Gasteiger partial charge < -0.3 is 4.90 Å². The van der Waals surface area contributed by atoms with Gasteiger partial charge in [-0.3, -0.25) is 9.80 Å². The Balaban J connectivity index is 1.50. The summed E-state index contributed by atoms with van der Waals surface area (Å²) in [5.74, 6) is 1.78. The Morgan fingerprint density at radius 1 is 0.839 bits per heavy atom. The van der Waals surface area contributed by atoms with E-state index in [2.05, 4.69) is 63.2 Å². The summed E-state index contributed by atoms with van der Waals surface area (Å²) < 4.78 is 0. The van der Waals surface area contributed by atoms with Gasteiger partial charge in [0.05, 0.1) is 0 Å². The molecule has 0 radical (unpaired) electrons. The molecule has 0 aromatic carbocycles. The van der Waals surface area contributed by atoms with Crippen molar-refractivity contribution in [3.05, 3.63) is 0 Å². The second-order valence-electron chi connectivity index (χ2n) is 13.4. The first-order valence-corrected chi connectivity index (χ1v) is 13.8. The van der Waals surface area contributed by atoms with E-state index in [0.29, 0.717) is 28.5 Å². The molecule has 3 unspecified atom stereocenters. The molecule has 4 aliphatic rings. The van der Waals surface area contributed by atoms with Gasteiger partial charge in [0.1, 0.15) is 0 Å². The predicted octanol–water partition coefficient (Wildman–Crippen LogP) is 5.89. The Kier molecular flexibility index (Phi) is 6.91. The van der Waals surface area contributed by atoms with Crippen LogP contribution in [0.1, 0.15) is 99.8 Å². The van der Waals surface area contributed by atoms with Crippen molar-refractivity contribution in [2.75, 3.05) is 39.3 Å². The molecule has 0 amide bonds. The van der Waals surface area contributed by atoms with Crippen LogP contribution in [-0.2, 0) is 0 Å². The van der Waals surface area contributed by atoms with Gasteiger partial charge in [-0.05, 0) is 109 Å². The third kappa shape index (κ3) is 4.76. The molecule has 3 aliphatic heterocycles. The predicted molar refractivity (Wildman–Crippen MR) is 134 cm³/mol. The van der Waals surface area contributed by atoms with Crippen LogP contribution in [0.3, 0.4) is 0 Å². The minimum Gasteiger partial charge on any atom is -0.300 e. The van der Waals surface area contributed by atoms with Crippen LogP contribution in [0.5, 0.6) is 0 Å². The number of hydrogen-bond donors (Lipinski definition) is 0. The molecule has 4 atom stereocenters. The first-order valence-electron chi connectivity index (χ1n) is 13.8. The topological polar surface area (TPSA) is 9.72 Å². The van der Waals surface area contributed by atoms with E-state index >= 15 is 0 Å². The molecular weight excluding hydrogens is 378 g/mol. The van der Waals surface area contributed by atoms with Crippen LogP contribution >= 0.6 is 0 Å². The van der Waals surface area contributed by atoms with Crippen molar-refractivity contribution in [3.8, 4) is 0 Å². The lowest BCUT2D eigenvalue weighted by molar-refractivity contribution is -0.0365. The van der Waals surface area contributed by atoms with Crippen molar-refractivity contribution in [1.29, 1.82) is 0 Å². The second-order valence-corrected chi connectivity index (χ2v) is 13.4. The zero-order valence-electron chi connectivity index (χ0n) is 22.1. The van der Waals surface area contributed by atoms with Crippen molar-refractivity contribution >= 4 is 0 Å². The number of piperidine rings is 1. The maximum atomic E-state index is 2.96. The Morgan fingerprint density at radius 3 is 2.16 bits per heavy atom. The largest absolute Gasteiger partial charge is 0.300 e. The van der Waals surface area contributed by atoms with E-state index in [0.717, 1.165) is 11.8 Å². The summed E-state index contributed by atoms with van der Waals surface area (Å²) in [4.78, 5) is 8.56. The lowest BCUT2D eigenvalue weighted by atomic mass is 9.67. The van der Waals surface area contributed by atoms with Gasteiger partial charge in [0.2, 0.25) is 0 Å². The Hall–Kier alpha value is -0.120. The first kappa shape index (κ1) is 24.0. The zero-order chi connectivity index (χ0) is 22.4. The van der Waals surface area contributed by atoms with Gasteiger partial charge in [-0.1, -0.05) is 26.2 Å². The molecule has 1 aliphatic carbocycles. The molecule has 0 aromatic heterocycles. The van der Waals surface area contributed by atoms with Gasteiger partial charge >= 0.3 is 0 Å². The molecule has 0 bridgehead atoms. The minimum atomic E-state index is 0.314. The Morgan fingerprint density at radius 2 is 1.52 bits per heavy atom. The average molecular weight is 432 g/mol. The van der Waals surface area contributed by atoms with Crippen LogP contribution in [0, 0.1) is 22.7 Å². The second kappa shape index (κ2) is 8.91. The highest BCUT2D eigenvalue weighted by molar-refractivity contribution is 5.06. The Labute approximate surface area is 194 Å². The van der Waals surface area contributed by atoms with Gasteiger partial charge in [0.15, 0.2) is 0 Å².